The number of benzene rings is 2. The van der Waals surface area contributed by atoms with Crippen LogP contribution < -0.4 is 4.74 Å². The van der Waals surface area contributed by atoms with E-state index in [9.17, 15) is 20.4 Å². The molecule has 4 N–H and O–H groups in total. The Balaban J connectivity index is 1.89. The highest BCUT2D eigenvalue weighted by Gasteiger charge is 2.44. The van der Waals surface area contributed by atoms with E-state index in [0.29, 0.717) is 5.75 Å². The Bertz CT molecular complexity index is 691. The molecule has 7 heteroatoms. The van der Waals surface area contributed by atoms with Crippen molar-refractivity contribution in [1.82, 2.24) is 0 Å². The molecule has 0 unspecified atom stereocenters. The molecule has 0 radical (unpaired) electrons. The molecule has 1 heterocycles. The van der Waals surface area contributed by atoms with Gasteiger partial charge >= 0.3 is 0 Å². The lowest BCUT2D eigenvalue weighted by Gasteiger charge is -2.39. The van der Waals surface area contributed by atoms with Crippen molar-refractivity contribution < 1.29 is 29.9 Å². The second kappa shape index (κ2) is 6.72. The van der Waals surface area contributed by atoms with E-state index in [1.165, 1.54) is 0 Å². The molecule has 2 aromatic rings. The molecular weight excluding hydrogens is 368 g/mol. The van der Waals surface area contributed by atoms with E-state index in [4.69, 9.17) is 9.47 Å². The van der Waals surface area contributed by atoms with Crippen molar-refractivity contribution in [3.63, 3.8) is 0 Å². The first kappa shape index (κ1) is 16.6. The SMILES string of the molecule is OC[C@H]1O[C@H](Oc2cccc3cc(Br)ccc23)[C@H](O)[C@@H](O)[C@@H]1O. The second-order valence-corrected chi connectivity index (χ2v) is 6.35. The molecule has 1 aliphatic heterocycles. The predicted molar refractivity (Wildman–Crippen MR) is 86.0 cm³/mol. The van der Waals surface area contributed by atoms with Crippen LogP contribution in [0.2, 0.25) is 0 Å². The smallest absolute Gasteiger partial charge is 0.229 e. The highest BCUT2D eigenvalue weighted by molar-refractivity contribution is 9.10. The lowest BCUT2D eigenvalue weighted by Crippen LogP contribution is -2.60. The van der Waals surface area contributed by atoms with Crippen LogP contribution in [0.25, 0.3) is 10.8 Å². The molecule has 0 amide bonds. The Labute approximate surface area is 141 Å². The van der Waals surface area contributed by atoms with Crippen LogP contribution in [0.15, 0.2) is 40.9 Å². The van der Waals surface area contributed by atoms with Gasteiger partial charge in [-0.15, -0.1) is 0 Å². The van der Waals surface area contributed by atoms with Crippen LogP contribution in [0.5, 0.6) is 5.75 Å². The summed E-state index contributed by atoms with van der Waals surface area (Å²) in [7, 11) is 0. The maximum atomic E-state index is 10.0. The third-order valence-electron chi connectivity index (χ3n) is 3.89. The van der Waals surface area contributed by atoms with Crippen LogP contribution in [0.3, 0.4) is 0 Å². The zero-order valence-corrected chi connectivity index (χ0v) is 13.6. The maximum Gasteiger partial charge on any atom is 0.229 e. The molecule has 3 rings (SSSR count). The first-order valence-electron chi connectivity index (χ1n) is 7.16. The van der Waals surface area contributed by atoms with Crippen molar-refractivity contribution in [2.75, 3.05) is 6.61 Å². The van der Waals surface area contributed by atoms with E-state index >= 15 is 0 Å². The number of rotatable bonds is 3. The molecule has 1 saturated heterocycles. The van der Waals surface area contributed by atoms with Crippen molar-refractivity contribution in [3.05, 3.63) is 40.9 Å². The van der Waals surface area contributed by atoms with Crippen LogP contribution in [-0.4, -0.2) is 57.7 Å². The average Bonchev–Trinajstić information content (AvgIpc) is 2.55. The van der Waals surface area contributed by atoms with Crippen molar-refractivity contribution in [1.29, 1.82) is 0 Å². The molecule has 0 aromatic heterocycles. The fourth-order valence-corrected chi connectivity index (χ4v) is 3.00. The molecule has 0 bridgehead atoms. The van der Waals surface area contributed by atoms with E-state index in [2.05, 4.69) is 15.9 Å². The number of fused-ring (bicyclic) bond motifs is 1. The van der Waals surface area contributed by atoms with Gasteiger partial charge in [0.15, 0.2) is 0 Å². The summed E-state index contributed by atoms with van der Waals surface area (Å²) in [4.78, 5) is 0. The molecule has 6 nitrogen and oxygen atoms in total. The van der Waals surface area contributed by atoms with E-state index in [1.54, 1.807) is 12.1 Å². The summed E-state index contributed by atoms with van der Waals surface area (Å²) >= 11 is 3.40. The Morgan fingerprint density at radius 3 is 2.57 bits per heavy atom. The minimum absolute atomic E-state index is 0.472. The maximum absolute atomic E-state index is 10.0. The van der Waals surface area contributed by atoms with Gasteiger partial charge in [0.05, 0.1) is 6.61 Å². The fraction of sp³-hybridized carbons (Fsp3) is 0.375. The van der Waals surface area contributed by atoms with Gasteiger partial charge in [0.2, 0.25) is 6.29 Å². The van der Waals surface area contributed by atoms with Gasteiger partial charge in [-0.1, -0.05) is 28.1 Å². The second-order valence-electron chi connectivity index (χ2n) is 5.44. The van der Waals surface area contributed by atoms with Crippen molar-refractivity contribution >= 4 is 26.7 Å². The molecular formula is C16H17BrO6. The van der Waals surface area contributed by atoms with Gasteiger partial charge in [0.1, 0.15) is 30.2 Å². The van der Waals surface area contributed by atoms with Crippen molar-refractivity contribution in [3.8, 4) is 5.75 Å². The van der Waals surface area contributed by atoms with E-state index in [1.807, 2.05) is 24.3 Å². The van der Waals surface area contributed by atoms with Crippen LogP contribution in [-0.2, 0) is 4.74 Å². The molecule has 2 aromatic carbocycles. The van der Waals surface area contributed by atoms with E-state index in [0.717, 1.165) is 15.2 Å². The summed E-state index contributed by atoms with van der Waals surface area (Å²) in [6.45, 7) is -0.493. The van der Waals surface area contributed by atoms with Gasteiger partial charge in [-0.2, -0.15) is 0 Å². The van der Waals surface area contributed by atoms with Gasteiger partial charge in [-0.05, 0) is 29.7 Å². The Hall–Kier alpha value is -1.22. The van der Waals surface area contributed by atoms with Gasteiger partial charge < -0.3 is 29.9 Å². The number of aliphatic hydroxyl groups is 4. The topological polar surface area (TPSA) is 99.4 Å². The minimum atomic E-state index is -1.46. The minimum Gasteiger partial charge on any atom is -0.461 e. The summed E-state index contributed by atoms with van der Waals surface area (Å²) in [5, 5.41) is 40.6. The molecule has 1 fully saturated rings. The van der Waals surface area contributed by atoms with Crippen LogP contribution >= 0.6 is 15.9 Å². The predicted octanol–water partition coefficient (Wildman–Crippen LogP) is 0.781. The average molecular weight is 385 g/mol. The van der Waals surface area contributed by atoms with Crippen LogP contribution in [0.1, 0.15) is 0 Å². The highest BCUT2D eigenvalue weighted by Crippen LogP contribution is 2.31. The third-order valence-corrected chi connectivity index (χ3v) is 4.39. The number of hydrogen-bond acceptors (Lipinski definition) is 6. The molecule has 0 saturated carbocycles. The number of halogens is 1. The molecule has 0 aliphatic carbocycles. The first-order valence-corrected chi connectivity index (χ1v) is 7.96. The normalized spacial score (nSPS) is 31.3. The molecule has 0 spiro atoms. The number of hydrogen-bond donors (Lipinski definition) is 4. The lowest BCUT2D eigenvalue weighted by molar-refractivity contribution is -0.277. The van der Waals surface area contributed by atoms with Gasteiger partial charge in [-0.3, -0.25) is 0 Å². The molecule has 1 aliphatic rings. The van der Waals surface area contributed by atoms with E-state index < -0.39 is 37.3 Å². The summed E-state index contributed by atoms with van der Waals surface area (Å²) in [5.74, 6) is 0.472. The summed E-state index contributed by atoms with van der Waals surface area (Å²) in [6, 6.07) is 11.1. The zero-order valence-electron chi connectivity index (χ0n) is 12.0. The summed E-state index contributed by atoms with van der Waals surface area (Å²) in [5.41, 5.74) is 0. The third kappa shape index (κ3) is 3.21. The van der Waals surface area contributed by atoms with Gasteiger partial charge in [0, 0.05) is 9.86 Å². The van der Waals surface area contributed by atoms with Crippen LogP contribution in [0, 0.1) is 0 Å². The monoisotopic (exact) mass is 384 g/mol. The van der Waals surface area contributed by atoms with E-state index in [-0.39, 0.29) is 0 Å². The largest absolute Gasteiger partial charge is 0.461 e. The highest BCUT2D eigenvalue weighted by atomic mass is 79.9. The molecule has 124 valence electrons. The van der Waals surface area contributed by atoms with Crippen LogP contribution in [0.4, 0.5) is 0 Å². The molecule has 5 atom stereocenters. The Morgan fingerprint density at radius 2 is 1.83 bits per heavy atom. The lowest BCUT2D eigenvalue weighted by atomic mass is 9.99. The number of aliphatic hydroxyl groups excluding tert-OH is 4. The van der Waals surface area contributed by atoms with Gasteiger partial charge in [0.25, 0.3) is 0 Å². The quantitative estimate of drug-likeness (QED) is 0.624. The Kier molecular flexibility index (Phi) is 4.86. The number of ether oxygens (including phenoxy) is 2. The molecule has 23 heavy (non-hydrogen) atoms. The summed E-state index contributed by atoms with van der Waals surface area (Å²) < 4.78 is 12.0. The van der Waals surface area contributed by atoms with Crippen molar-refractivity contribution in [2.24, 2.45) is 0 Å². The fourth-order valence-electron chi connectivity index (χ4n) is 2.62. The first-order chi connectivity index (χ1) is 11.0. The standard InChI is InChI=1S/C16H17BrO6/c17-9-4-5-10-8(6-9)2-1-3-11(10)22-16-15(21)14(20)13(19)12(7-18)23-16/h1-6,12-16,18-21H,7H2/t12-,13-,14+,15-,16+/m1/s1. The van der Waals surface area contributed by atoms with Crippen molar-refractivity contribution in [2.45, 2.75) is 30.7 Å². The summed E-state index contributed by atoms with van der Waals surface area (Å²) in [6.07, 6.45) is -6.49. The Morgan fingerprint density at radius 1 is 1.04 bits per heavy atom. The van der Waals surface area contributed by atoms with Gasteiger partial charge in [-0.25, -0.2) is 0 Å². The zero-order chi connectivity index (χ0) is 16.6.